The van der Waals surface area contributed by atoms with E-state index in [1.807, 2.05) is 11.6 Å². The summed E-state index contributed by atoms with van der Waals surface area (Å²) in [5.41, 5.74) is 4.44. The Bertz CT molecular complexity index is 584. The predicted molar refractivity (Wildman–Crippen MR) is 75.7 cm³/mol. The Morgan fingerprint density at radius 3 is 2.89 bits per heavy atom. The summed E-state index contributed by atoms with van der Waals surface area (Å²) in [6, 6.07) is 0. The van der Waals surface area contributed by atoms with Crippen molar-refractivity contribution in [1.29, 1.82) is 0 Å². The maximum Gasteiger partial charge on any atom is 0.0960 e. The molecule has 19 heavy (non-hydrogen) atoms. The molecule has 2 heterocycles. The molecule has 2 aromatic heterocycles. The van der Waals surface area contributed by atoms with E-state index >= 15 is 0 Å². The van der Waals surface area contributed by atoms with Crippen LogP contribution in [0.3, 0.4) is 0 Å². The van der Waals surface area contributed by atoms with Gasteiger partial charge in [-0.2, -0.15) is 5.10 Å². The van der Waals surface area contributed by atoms with Crippen molar-refractivity contribution >= 4 is 11.3 Å². The molecule has 4 nitrogen and oxygen atoms in total. The van der Waals surface area contributed by atoms with Crippen molar-refractivity contribution in [3.63, 3.8) is 0 Å². The Balaban J connectivity index is 1.79. The second-order valence-electron chi connectivity index (χ2n) is 5.23. The van der Waals surface area contributed by atoms with Crippen LogP contribution in [0.25, 0.3) is 0 Å². The van der Waals surface area contributed by atoms with Crippen LogP contribution in [-0.4, -0.2) is 26.5 Å². The summed E-state index contributed by atoms with van der Waals surface area (Å²) in [5.74, 6) is 0.726. The van der Waals surface area contributed by atoms with E-state index in [4.69, 9.17) is 10.1 Å². The van der Waals surface area contributed by atoms with Gasteiger partial charge in [0.25, 0.3) is 0 Å². The molecule has 0 radical (unpaired) electrons. The quantitative estimate of drug-likeness (QED) is 0.913. The van der Waals surface area contributed by atoms with E-state index in [2.05, 4.69) is 17.4 Å². The third-order valence-electron chi connectivity index (χ3n) is 3.70. The maximum atomic E-state index is 9.09. The van der Waals surface area contributed by atoms with Crippen LogP contribution < -0.4 is 0 Å². The Morgan fingerprint density at radius 2 is 2.21 bits per heavy atom. The largest absolute Gasteiger partial charge is 0.396 e. The fourth-order valence-electron chi connectivity index (χ4n) is 2.43. The molecule has 0 aliphatic heterocycles. The number of thiazole rings is 1. The van der Waals surface area contributed by atoms with Crippen molar-refractivity contribution < 1.29 is 5.11 Å². The van der Waals surface area contributed by atoms with Gasteiger partial charge in [-0.25, -0.2) is 4.98 Å². The highest BCUT2D eigenvalue weighted by Gasteiger charge is 2.26. The number of aryl methyl sites for hydroxylation is 1. The van der Waals surface area contributed by atoms with Gasteiger partial charge in [0.1, 0.15) is 0 Å². The number of aliphatic hydroxyl groups excluding tert-OH is 1. The fraction of sp³-hybridized carbons (Fsp3) is 0.571. The molecular weight excluding hydrogens is 258 g/mol. The number of hydrogen-bond donors (Lipinski definition) is 1. The maximum absolute atomic E-state index is 9.09. The molecule has 1 saturated carbocycles. The molecule has 1 aliphatic carbocycles. The van der Waals surface area contributed by atoms with E-state index in [-0.39, 0.29) is 6.61 Å². The summed E-state index contributed by atoms with van der Waals surface area (Å²) in [6.07, 6.45) is 3.28. The second kappa shape index (κ2) is 5.06. The van der Waals surface area contributed by atoms with Crippen molar-refractivity contribution in [3.05, 3.63) is 33.0 Å². The van der Waals surface area contributed by atoms with Gasteiger partial charge in [0.05, 0.1) is 22.9 Å². The van der Waals surface area contributed by atoms with E-state index in [1.165, 1.54) is 23.4 Å². The lowest BCUT2D eigenvalue weighted by atomic mass is 10.1. The molecule has 0 aromatic carbocycles. The minimum absolute atomic E-state index is 0.176. The molecule has 0 atom stereocenters. The van der Waals surface area contributed by atoms with Gasteiger partial charge in [-0.1, -0.05) is 0 Å². The van der Waals surface area contributed by atoms with Crippen molar-refractivity contribution in [1.82, 2.24) is 14.8 Å². The minimum atomic E-state index is 0.176. The summed E-state index contributed by atoms with van der Waals surface area (Å²) < 4.78 is 2.01. The molecule has 3 rings (SSSR count). The standard InChI is InChI=1S/C14H19N3OS/c1-9-13(5-6-18)10(2)17(16-9)7-12-8-19-14(15-12)11-3-4-11/h8,11,18H,3-7H2,1-2H3. The number of aliphatic hydroxyl groups is 1. The van der Waals surface area contributed by atoms with Gasteiger partial charge in [0.2, 0.25) is 0 Å². The van der Waals surface area contributed by atoms with E-state index in [1.54, 1.807) is 11.3 Å². The average molecular weight is 277 g/mol. The van der Waals surface area contributed by atoms with Crippen LogP contribution >= 0.6 is 11.3 Å². The average Bonchev–Trinajstić information content (AvgIpc) is 3.09. The predicted octanol–water partition coefficient (Wildman–Crippen LogP) is 2.42. The summed E-state index contributed by atoms with van der Waals surface area (Å²) in [6.45, 7) is 4.99. The Morgan fingerprint density at radius 1 is 1.42 bits per heavy atom. The summed E-state index contributed by atoms with van der Waals surface area (Å²) in [7, 11) is 0. The van der Waals surface area contributed by atoms with E-state index in [0.29, 0.717) is 6.42 Å². The molecule has 0 spiro atoms. The topological polar surface area (TPSA) is 50.9 Å². The first-order valence-corrected chi connectivity index (χ1v) is 7.65. The first-order valence-electron chi connectivity index (χ1n) is 6.77. The normalized spacial score (nSPS) is 15.1. The Labute approximate surface area is 117 Å². The summed E-state index contributed by atoms with van der Waals surface area (Å²) >= 11 is 1.77. The zero-order valence-electron chi connectivity index (χ0n) is 11.4. The zero-order chi connectivity index (χ0) is 13.4. The van der Waals surface area contributed by atoms with Crippen molar-refractivity contribution in [2.24, 2.45) is 0 Å². The van der Waals surface area contributed by atoms with Crippen molar-refractivity contribution in [3.8, 4) is 0 Å². The molecule has 5 heteroatoms. The van der Waals surface area contributed by atoms with Gasteiger partial charge in [0.15, 0.2) is 0 Å². The first kappa shape index (κ1) is 12.8. The van der Waals surface area contributed by atoms with Gasteiger partial charge in [-0.05, 0) is 38.7 Å². The summed E-state index contributed by atoms with van der Waals surface area (Å²) in [5, 5.41) is 17.1. The Kier molecular flexibility index (Phi) is 3.41. The monoisotopic (exact) mass is 277 g/mol. The third-order valence-corrected chi connectivity index (χ3v) is 4.76. The van der Waals surface area contributed by atoms with E-state index in [0.717, 1.165) is 29.5 Å². The van der Waals surface area contributed by atoms with Crippen LogP contribution in [-0.2, 0) is 13.0 Å². The lowest BCUT2D eigenvalue weighted by molar-refractivity contribution is 0.299. The second-order valence-corrected chi connectivity index (χ2v) is 6.12. The molecular formula is C14H19N3OS. The number of rotatable bonds is 5. The van der Waals surface area contributed by atoms with Gasteiger partial charge in [0, 0.05) is 23.6 Å². The van der Waals surface area contributed by atoms with Gasteiger partial charge < -0.3 is 5.11 Å². The smallest absolute Gasteiger partial charge is 0.0960 e. The minimum Gasteiger partial charge on any atom is -0.396 e. The highest BCUT2D eigenvalue weighted by Crippen LogP contribution is 2.41. The van der Waals surface area contributed by atoms with Crippen LogP contribution in [0.5, 0.6) is 0 Å². The Hall–Kier alpha value is -1.20. The molecule has 0 bridgehead atoms. The van der Waals surface area contributed by atoms with Crippen LogP contribution in [0.1, 0.15) is 46.4 Å². The van der Waals surface area contributed by atoms with Crippen LogP contribution in [0.4, 0.5) is 0 Å². The highest BCUT2D eigenvalue weighted by atomic mass is 32.1. The van der Waals surface area contributed by atoms with Crippen molar-refractivity contribution in [2.75, 3.05) is 6.61 Å². The lowest BCUT2D eigenvalue weighted by Crippen LogP contribution is -2.05. The van der Waals surface area contributed by atoms with E-state index < -0.39 is 0 Å². The van der Waals surface area contributed by atoms with Crippen LogP contribution in [0, 0.1) is 13.8 Å². The number of hydrogen-bond acceptors (Lipinski definition) is 4. The lowest BCUT2D eigenvalue weighted by Gasteiger charge is -2.02. The molecule has 2 aromatic rings. The van der Waals surface area contributed by atoms with Gasteiger partial charge in [-0.3, -0.25) is 4.68 Å². The summed E-state index contributed by atoms with van der Waals surface area (Å²) in [4.78, 5) is 4.70. The van der Waals surface area contributed by atoms with Gasteiger partial charge >= 0.3 is 0 Å². The van der Waals surface area contributed by atoms with Crippen LogP contribution in [0.2, 0.25) is 0 Å². The molecule has 1 aliphatic rings. The van der Waals surface area contributed by atoms with Gasteiger partial charge in [-0.15, -0.1) is 11.3 Å². The van der Waals surface area contributed by atoms with Crippen molar-refractivity contribution in [2.45, 2.75) is 45.6 Å². The highest BCUT2D eigenvalue weighted by molar-refractivity contribution is 7.09. The fourth-order valence-corrected chi connectivity index (χ4v) is 3.41. The third kappa shape index (κ3) is 2.58. The molecule has 102 valence electrons. The van der Waals surface area contributed by atoms with Crippen LogP contribution in [0.15, 0.2) is 5.38 Å². The SMILES string of the molecule is Cc1nn(Cc2csc(C3CC3)n2)c(C)c1CCO. The molecule has 0 amide bonds. The molecule has 1 fully saturated rings. The van der Waals surface area contributed by atoms with E-state index in [9.17, 15) is 0 Å². The molecule has 0 unspecified atom stereocenters. The molecule has 0 saturated heterocycles. The number of nitrogens with zero attached hydrogens (tertiary/aromatic N) is 3. The zero-order valence-corrected chi connectivity index (χ0v) is 12.2. The number of aromatic nitrogens is 3. The first-order chi connectivity index (χ1) is 9.19. The molecule has 1 N–H and O–H groups in total.